The number of halogens is 2. The highest BCUT2D eigenvalue weighted by atomic mass is 35.5. The van der Waals surface area contributed by atoms with Crippen molar-refractivity contribution in [3.63, 3.8) is 0 Å². The zero-order chi connectivity index (χ0) is 17.0. The van der Waals surface area contributed by atoms with E-state index >= 15 is 0 Å². The fraction of sp³-hybridized carbons (Fsp3) is 0.278. The van der Waals surface area contributed by atoms with Crippen LogP contribution in [0.1, 0.15) is 26.3 Å². The number of anilines is 2. The molecular weight excluding hydrogens is 333 g/mol. The number of carbonyl (C=O) groups excluding carboxylic acids is 1. The van der Waals surface area contributed by atoms with Crippen LogP contribution in [-0.2, 0) is 16.0 Å². The summed E-state index contributed by atoms with van der Waals surface area (Å²) in [5.74, 6) is -0.281. The van der Waals surface area contributed by atoms with Crippen molar-refractivity contribution >= 4 is 40.5 Å². The molecule has 0 amide bonds. The van der Waals surface area contributed by atoms with Gasteiger partial charge in [-0.25, -0.2) is 0 Å². The van der Waals surface area contributed by atoms with E-state index < -0.39 is 5.60 Å². The van der Waals surface area contributed by atoms with E-state index in [-0.39, 0.29) is 12.4 Å². The molecule has 0 aliphatic carbocycles. The Kier molecular flexibility index (Phi) is 5.55. The summed E-state index contributed by atoms with van der Waals surface area (Å²) in [6.45, 7) is 5.54. The van der Waals surface area contributed by atoms with Crippen LogP contribution < -0.4 is 5.32 Å². The maximum atomic E-state index is 12.1. The Morgan fingerprint density at radius 2 is 1.65 bits per heavy atom. The molecule has 3 nitrogen and oxygen atoms in total. The number of hydrogen-bond acceptors (Lipinski definition) is 3. The molecule has 1 N–H and O–H groups in total. The number of benzene rings is 2. The second kappa shape index (κ2) is 7.24. The molecule has 0 heterocycles. The Labute approximate surface area is 146 Å². The first-order valence-electron chi connectivity index (χ1n) is 7.27. The molecule has 0 aliphatic rings. The lowest BCUT2D eigenvalue weighted by molar-refractivity contribution is -0.153. The number of ether oxygens (including phenoxy) is 1. The lowest BCUT2D eigenvalue weighted by atomic mass is 10.1. The van der Waals surface area contributed by atoms with Gasteiger partial charge in [-0.05, 0) is 44.5 Å². The van der Waals surface area contributed by atoms with Gasteiger partial charge < -0.3 is 10.1 Å². The molecular formula is C18H19Cl2NO2. The maximum Gasteiger partial charge on any atom is 0.310 e. The van der Waals surface area contributed by atoms with E-state index in [0.717, 1.165) is 11.3 Å². The van der Waals surface area contributed by atoms with Crippen LogP contribution in [0.15, 0.2) is 42.5 Å². The van der Waals surface area contributed by atoms with Gasteiger partial charge >= 0.3 is 5.97 Å². The Bertz CT molecular complexity index is 688. The van der Waals surface area contributed by atoms with E-state index in [1.165, 1.54) is 0 Å². The summed E-state index contributed by atoms with van der Waals surface area (Å²) in [5, 5.41) is 4.24. The van der Waals surface area contributed by atoms with Crippen LogP contribution in [0, 0.1) is 0 Å². The predicted molar refractivity (Wildman–Crippen MR) is 95.7 cm³/mol. The minimum Gasteiger partial charge on any atom is -0.460 e. The lowest BCUT2D eigenvalue weighted by Gasteiger charge is -2.20. The maximum absolute atomic E-state index is 12.1. The van der Waals surface area contributed by atoms with Crippen LogP contribution in [0.3, 0.4) is 0 Å². The van der Waals surface area contributed by atoms with Gasteiger partial charge in [-0.1, -0.05) is 47.5 Å². The van der Waals surface area contributed by atoms with Gasteiger partial charge in [-0.2, -0.15) is 0 Å². The standard InChI is InChI=1S/C18H19Cl2NO2/c1-18(2,3)23-16(22)11-12-7-4-5-10-15(12)21-17-13(19)8-6-9-14(17)20/h4-10,21H,11H2,1-3H3. The highest BCUT2D eigenvalue weighted by molar-refractivity contribution is 6.39. The quantitative estimate of drug-likeness (QED) is 0.726. The third kappa shape index (κ3) is 5.15. The number of rotatable bonds is 4. The van der Waals surface area contributed by atoms with Crippen LogP contribution in [0.4, 0.5) is 11.4 Å². The second-order valence-electron chi connectivity index (χ2n) is 6.14. The Hall–Kier alpha value is -1.71. The number of carbonyl (C=O) groups is 1. The van der Waals surface area contributed by atoms with Gasteiger partial charge in [0, 0.05) is 5.69 Å². The van der Waals surface area contributed by atoms with Crippen molar-refractivity contribution in [2.24, 2.45) is 0 Å². The first kappa shape index (κ1) is 17.6. The molecule has 0 aliphatic heterocycles. The molecule has 2 aromatic carbocycles. The molecule has 0 saturated carbocycles. The van der Waals surface area contributed by atoms with E-state index in [9.17, 15) is 4.79 Å². The molecule has 122 valence electrons. The largest absolute Gasteiger partial charge is 0.460 e. The number of para-hydroxylation sites is 2. The molecule has 5 heteroatoms. The lowest BCUT2D eigenvalue weighted by Crippen LogP contribution is -2.25. The van der Waals surface area contributed by atoms with Gasteiger partial charge in [0.25, 0.3) is 0 Å². The third-order valence-electron chi connectivity index (χ3n) is 2.99. The molecule has 2 rings (SSSR count). The van der Waals surface area contributed by atoms with Gasteiger partial charge in [-0.3, -0.25) is 4.79 Å². The Balaban J connectivity index is 2.23. The van der Waals surface area contributed by atoms with Crippen molar-refractivity contribution < 1.29 is 9.53 Å². The summed E-state index contributed by atoms with van der Waals surface area (Å²) in [7, 11) is 0. The number of nitrogens with one attached hydrogen (secondary N) is 1. The average Bonchev–Trinajstić information content (AvgIpc) is 2.42. The van der Waals surface area contributed by atoms with Gasteiger partial charge in [0.2, 0.25) is 0 Å². The van der Waals surface area contributed by atoms with Gasteiger partial charge in [0.05, 0.1) is 22.2 Å². The SMILES string of the molecule is CC(C)(C)OC(=O)Cc1ccccc1Nc1c(Cl)cccc1Cl. The van der Waals surface area contributed by atoms with Crippen molar-refractivity contribution in [2.45, 2.75) is 32.8 Å². The molecule has 2 aromatic rings. The van der Waals surface area contributed by atoms with E-state index in [4.69, 9.17) is 27.9 Å². The fourth-order valence-electron chi connectivity index (χ4n) is 2.08. The predicted octanol–water partition coefficient (Wildman–Crippen LogP) is 5.62. The number of esters is 1. The molecule has 0 radical (unpaired) electrons. The van der Waals surface area contributed by atoms with Crippen LogP contribution in [0.25, 0.3) is 0 Å². The zero-order valence-electron chi connectivity index (χ0n) is 13.3. The normalized spacial score (nSPS) is 11.2. The van der Waals surface area contributed by atoms with Crippen LogP contribution in [0.2, 0.25) is 10.0 Å². The molecule has 0 unspecified atom stereocenters. The fourth-order valence-corrected chi connectivity index (χ4v) is 2.57. The van der Waals surface area contributed by atoms with Crippen molar-refractivity contribution in [1.29, 1.82) is 0 Å². The molecule has 0 bridgehead atoms. The van der Waals surface area contributed by atoms with E-state index in [0.29, 0.717) is 15.7 Å². The summed E-state index contributed by atoms with van der Waals surface area (Å²) in [6, 6.07) is 12.8. The Morgan fingerprint density at radius 1 is 1.04 bits per heavy atom. The summed E-state index contributed by atoms with van der Waals surface area (Å²) < 4.78 is 5.38. The highest BCUT2D eigenvalue weighted by Gasteiger charge is 2.18. The minimum absolute atomic E-state index is 0.169. The smallest absolute Gasteiger partial charge is 0.310 e. The van der Waals surface area contributed by atoms with Crippen molar-refractivity contribution in [3.8, 4) is 0 Å². The molecule has 0 fully saturated rings. The molecule has 0 atom stereocenters. The first-order valence-corrected chi connectivity index (χ1v) is 8.02. The number of hydrogen-bond donors (Lipinski definition) is 1. The van der Waals surface area contributed by atoms with E-state index in [2.05, 4.69) is 5.32 Å². The van der Waals surface area contributed by atoms with E-state index in [1.807, 2.05) is 45.0 Å². The summed E-state index contributed by atoms with van der Waals surface area (Å²) in [4.78, 5) is 12.1. The first-order chi connectivity index (χ1) is 10.8. The van der Waals surface area contributed by atoms with Crippen LogP contribution >= 0.6 is 23.2 Å². The monoisotopic (exact) mass is 351 g/mol. The van der Waals surface area contributed by atoms with Gasteiger partial charge in [-0.15, -0.1) is 0 Å². The molecule has 23 heavy (non-hydrogen) atoms. The second-order valence-corrected chi connectivity index (χ2v) is 6.96. The van der Waals surface area contributed by atoms with Gasteiger partial charge in [0.15, 0.2) is 0 Å². The average molecular weight is 352 g/mol. The zero-order valence-corrected chi connectivity index (χ0v) is 14.8. The minimum atomic E-state index is -0.508. The van der Waals surface area contributed by atoms with Crippen molar-refractivity contribution in [3.05, 3.63) is 58.1 Å². The van der Waals surface area contributed by atoms with Crippen LogP contribution in [-0.4, -0.2) is 11.6 Å². The molecule has 0 spiro atoms. The van der Waals surface area contributed by atoms with Gasteiger partial charge in [0.1, 0.15) is 5.60 Å². The molecule has 0 saturated heterocycles. The van der Waals surface area contributed by atoms with E-state index in [1.54, 1.807) is 18.2 Å². The van der Waals surface area contributed by atoms with Crippen LogP contribution in [0.5, 0.6) is 0 Å². The third-order valence-corrected chi connectivity index (χ3v) is 3.62. The topological polar surface area (TPSA) is 38.3 Å². The highest BCUT2D eigenvalue weighted by Crippen LogP contribution is 2.33. The molecule has 0 aromatic heterocycles. The summed E-state index contributed by atoms with van der Waals surface area (Å²) in [6.07, 6.45) is 0.169. The Morgan fingerprint density at radius 3 is 2.26 bits per heavy atom. The summed E-state index contributed by atoms with van der Waals surface area (Å²) >= 11 is 12.4. The van der Waals surface area contributed by atoms with Crippen molar-refractivity contribution in [1.82, 2.24) is 0 Å². The van der Waals surface area contributed by atoms with Crippen molar-refractivity contribution in [2.75, 3.05) is 5.32 Å². The summed E-state index contributed by atoms with van der Waals surface area (Å²) in [5.41, 5.74) is 1.70.